The van der Waals surface area contributed by atoms with Gasteiger partial charge in [-0.15, -0.1) is 0 Å². The molecule has 0 saturated carbocycles. The van der Waals surface area contributed by atoms with Crippen molar-refractivity contribution in [3.63, 3.8) is 0 Å². The third-order valence-electron chi connectivity index (χ3n) is 8.29. The number of ether oxygens (including phenoxy) is 3. The van der Waals surface area contributed by atoms with E-state index in [1.807, 2.05) is 36.4 Å². The lowest BCUT2D eigenvalue weighted by Crippen LogP contribution is -2.43. The highest BCUT2D eigenvalue weighted by molar-refractivity contribution is 5.90. The second-order valence-electron chi connectivity index (χ2n) is 15.3. The molecule has 0 spiro atoms. The van der Waals surface area contributed by atoms with E-state index in [4.69, 9.17) is 14.2 Å². The lowest BCUT2D eigenvalue weighted by atomic mass is 9.86. The number of carbonyl (C=O) groups is 3. The van der Waals surface area contributed by atoms with Gasteiger partial charge in [0.15, 0.2) is 0 Å². The molecule has 0 saturated heterocycles. The van der Waals surface area contributed by atoms with Crippen molar-refractivity contribution in [2.75, 3.05) is 13.2 Å². The van der Waals surface area contributed by atoms with Crippen LogP contribution < -0.4 is 0 Å². The molecule has 0 aliphatic heterocycles. The number of carbonyl (C=O) groups excluding carboxylic acids is 3. The molecule has 0 aromatic heterocycles. The van der Waals surface area contributed by atoms with Crippen LogP contribution in [-0.4, -0.2) is 37.2 Å². The molecule has 3 aromatic carbocycles. The summed E-state index contributed by atoms with van der Waals surface area (Å²) in [6.45, 7) is 22.2. The van der Waals surface area contributed by atoms with Gasteiger partial charge in [-0.05, 0) is 83.2 Å². The SMILES string of the molecule is CC(OC(=O)c1ccc(C(C)(C)C)cc1)C(C)(COC(=O)c1ccc(C(C)(C)C)cc1)COC(=O)c1ccc(C(C)(C)C)cc1. The maximum absolute atomic E-state index is 13.2. The Kier molecular flexibility index (Phi) is 10.7. The van der Waals surface area contributed by atoms with Gasteiger partial charge in [0.1, 0.15) is 19.3 Å². The minimum Gasteiger partial charge on any atom is -0.461 e. The first-order valence-electron chi connectivity index (χ1n) is 15.6. The topological polar surface area (TPSA) is 78.9 Å². The van der Waals surface area contributed by atoms with E-state index in [2.05, 4.69) is 62.3 Å². The van der Waals surface area contributed by atoms with Crippen molar-refractivity contribution in [2.45, 2.75) is 98.5 Å². The van der Waals surface area contributed by atoms with Crippen molar-refractivity contribution in [3.05, 3.63) is 106 Å². The predicted octanol–water partition coefficient (Wildman–Crippen LogP) is 8.84. The van der Waals surface area contributed by atoms with Crippen LogP contribution in [-0.2, 0) is 30.5 Å². The minimum atomic E-state index is -1.04. The van der Waals surface area contributed by atoms with Crippen LogP contribution in [0.3, 0.4) is 0 Å². The first-order chi connectivity index (χ1) is 20.7. The smallest absolute Gasteiger partial charge is 0.338 e. The molecule has 0 amide bonds. The fraction of sp³-hybridized carbons (Fsp3) is 0.462. The molecule has 0 aliphatic rings. The maximum atomic E-state index is 13.2. The van der Waals surface area contributed by atoms with Crippen LogP contribution in [0.1, 0.15) is 124 Å². The van der Waals surface area contributed by atoms with Crippen molar-refractivity contribution >= 4 is 17.9 Å². The van der Waals surface area contributed by atoms with Gasteiger partial charge in [-0.1, -0.05) is 98.7 Å². The highest BCUT2D eigenvalue weighted by atomic mass is 16.6. The summed E-state index contributed by atoms with van der Waals surface area (Å²) in [7, 11) is 0. The molecule has 0 radical (unpaired) electrons. The monoisotopic (exact) mass is 614 g/mol. The lowest BCUT2D eigenvalue weighted by molar-refractivity contribution is -0.0616. The standard InChI is InChI=1S/C39H50O6/c1-26(45-35(42)29-16-22-32(23-17-29)38(8,9)10)39(11,24-43-33(40)27-12-18-30(19-13-27)36(2,3)4)25-44-34(41)28-14-20-31(21-15-28)37(5,6)7/h12-23,26H,24-25H2,1-11H3. The highest BCUT2D eigenvalue weighted by Gasteiger charge is 2.38. The first kappa shape index (κ1) is 35.5. The zero-order valence-electron chi connectivity index (χ0n) is 28.9. The fourth-order valence-electron chi connectivity index (χ4n) is 4.59. The van der Waals surface area contributed by atoms with Crippen molar-refractivity contribution in [1.29, 1.82) is 0 Å². The number of esters is 3. The summed E-state index contributed by atoms with van der Waals surface area (Å²) in [6.07, 6.45) is -0.764. The third-order valence-corrected chi connectivity index (χ3v) is 8.29. The van der Waals surface area contributed by atoms with Crippen LogP contribution in [0.4, 0.5) is 0 Å². The van der Waals surface area contributed by atoms with Crippen LogP contribution in [0.5, 0.6) is 0 Å². The van der Waals surface area contributed by atoms with Gasteiger partial charge in [0.2, 0.25) is 0 Å². The molecular formula is C39H50O6. The van der Waals surface area contributed by atoms with Crippen LogP contribution in [0.25, 0.3) is 0 Å². The molecule has 0 fully saturated rings. The van der Waals surface area contributed by atoms with E-state index in [0.717, 1.165) is 16.7 Å². The van der Waals surface area contributed by atoms with E-state index in [-0.39, 0.29) is 29.5 Å². The van der Waals surface area contributed by atoms with E-state index in [1.54, 1.807) is 50.2 Å². The molecule has 242 valence electrons. The average Bonchev–Trinajstić information content (AvgIpc) is 2.97. The second kappa shape index (κ2) is 13.6. The molecule has 3 aromatic rings. The van der Waals surface area contributed by atoms with Gasteiger partial charge in [0.05, 0.1) is 22.1 Å². The molecule has 1 atom stereocenters. The van der Waals surface area contributed by atoms with E-state index in [1.165, 1.54) is 0 Å². The van der Waals surface area contributed by atoms with Crippen molar-refractivity contribution in [3.8, 4) is 0 Å². The number of hydrogen-bond donors (Lipinski definition) is 0. The quantitative estimate of drug-likeness (QED) is 0.177. The van der Waals surface area contributed by atoms with Crippen LogP contribution in [0.15, 0.2) is 72.8 Å². The van der Waals surface area contributed by atoms with E-state index >= 15 is 0 Å². The summed E-state index contributed by atoms with van der Waals surface area (Å²) in [6, 6.07) is 22.0. The van der Waals surface area contributed by atoms with Crippen LogP contribution in [0.2, 0.25) is 0 Å². The summed E-state index contributed by atoms with van der Waals surface area (Å²) in [4.78, 5) is 39.3. The molecule has 0 heterocycles. The summed E-state index contributed by atoms with van der Waals surface area (Å²) < 4.78 is 17.4. The van der Waals surface area contributed by atoms with Crippen LogP contribution >= 0.6 is 0 Å². The molecule has 6 heteroatoms. The molecule has 3 rings (SSSR count). The van der Waals surface area contributed by atoms with Gasteiger partial charge in [0.25, 0.3) is 0 Å². The highest BCUT2D eigenvalue weighted by Crippen LogP contribution is 2.29. The Morgan fingerprint density at radius 1 is 0.489 bits per heavy atom. The first-order valence-corrected chi connectivity index (χ1v) is 15.6. The Balaban J connectivity index is 1.78. The van der Waals surface area contributed by atoms with Gasteiger partial charge in [0, 0.05) is 0 Å². The minimum absolute atomic E-state index is 0.0513. The molecule has 6 nitrogen and oxygen atoms in total. The second-order valence-corrected chi connectivity index (χ2v) is 15.3. The van der Waals surface area contributed by atoms with Crippen molar-refractivity contribution in [2.24, 2.45) is 5.41 Å². The Morgan fingerprint density at radius 2 is 0.756 bits per heavy atom. The Labute approximate surface area is 269 Å². The largest absolute Gasteiger partial charge is 0.461 e. The van der Waals surface area contributed by atoms with Crippen molar-refractivity contribution < 1.29 is 28.6 Å². The van der Waals surface area contributed by atoms with Gasteiger partial charge < -0.3 is 14.2 Å². The number of rotatable bonds is 9. The normalized spacial score (nSPS) is 13.1. The summed E-state index contributed by atoms with van der Waals surface area (Å²) >= 11 is 0. The zero-order valence-corrected chi connectivity index (χ0v) is 28.9. The van der Waals surface area contributed by atoms with Gasteiger partial charge in [-0.25, -0.2) is 14.4 Å². The van der Waals surface area contributed by atoms with E-state index in [9.17, 15) is 14.4 Å². The lowest BCUT2D eigenvalue weighted by Gasteiger charge is -2.34. The summed E-state index contributed by atoms with van der Waals surface area (Å²) in [5, 5.41) is 0. The van der Waals surface area contributed by atoms with E-state index in [0.29, 0.717) is 16.7 Å². The third kappa shape index (κ3) is 9.53. The Hall–Kier alpha value is -3.93. The van der Waals surface area contributed by atoms with Gasteiger partial charge in [-0.2, -0.15) is 0 Å². The zero-order chi connectivity index (χ0) is 33.8. The van der Waals surface area contributed by atoms with Gasteiger partial charge >= 0.3 is 17.9 Å². The Morgan fingerprint density at radius 3 is 1.02 bits per heavy atom. The summed E-state index contributed by atoms with van der Waals surface area (Å²) in [5.41, 5.74) is 3.32. The number of hydrogen-bond acceptors (Lipinski definition) is 6. The predicted molar refractivity (Wildman–Crippen MR) is 179 cm³/mol. The molecule has 0 bridgehead atoms. The summed E-state index contributed by atoms with van der Waals surface area (Å²) in [5.74, 6) is -1.54. The molecule has 0 aliphatic carbocycles. The number of benzene rings is 3. The van der Waals surface area contributed by atoms with E-state index < -0.39 is 29.4 Å². The Bertz CT molecular complexity index is 1390. The average molecular weight is 615 g/mol. The van der Waals surface area contributed by atoms with Crippen LogP contribution in [0, 0.1) is 5.41 Å². The van der Waals surface area contributed by atoms with Gasteiger partial charge in [-0.3, -0.25) is 0 Å². The maximum Gasteiger partial charge on any atom is 0.338 e. The molecular weight excluding hydrogens is 564 g/mol. The fourth-order valence-corrected chi connectivity index (χ4v) is 4.59. The van der Waals surface area contributed by atoms with Crippen molar-refractivity contribution in [1.82, 2.24) is 0 Å². The molecule has 0 N–H and O–H groups in total. The molecule has 45 heavy (non-hydrogen) atoms. The molecule has 1 unspecified atom stereocenters.